The van der Waals surface area contributed by atoms with E-state index in [2.05, 4.69) is 20.5 Å². The first-order valence-corrected chi connectivity index (χ1v) is 8.81. The number of imidazole rings is 1. The number of halogens is 1. The highest BCUT2D eigenvalue weighted by molar-refractivity contribution is 7.99. The summed E-state index contributed by atoms with van der Waals surface area (Å²) in [5, 5.41) is 5.13. The molecule has 2 aromatic heterocycles. The molecule has 0 spiro atoms. The molecule has 0 saturated carbocycles. The molecular weight excluding hydrogens is 367 g/mol. The summed E-state index contributed by atoms with van der Waals surface area (Å²) in [7, 11) is 0. The standard InChI is InChI=1S/C19H13FN4O2S/c20-14-6-2-1-5-13(14)18(25)24-21-11-12-9-10-17(26-12)27-19-22-15-7-3-4-8-16(15)23-19/h1-11H,(H,22,23)(H,24,25)/b21-11-. The fourth-order valence-electron chi connectivity index (χ4n) is 2.39. The van der Waals surface area contributed by atoms with Crippen molar-refractivity contribution >= 4 is 34.9 Å². The van der Waals surface area contributed by atoms with E-state index in [0.717, 1.165) is 11.0 Å². The molecule has 2 heterocycles. The van der Waals surface area contributed by atoms with Crippen molar-refractivity contribution in [2.75, 3.05) is 0 Å². The van der Waals surface area contributed by atoms with Crippen molar-refractivity contribution < 1.29 is 13.6 Å². The lowest BCUT2D eigenvalue weighted by Crippen LogP contribution is -2.18. The van der Waals surface area contributed by atoms with Crippen molar-refractivity contribution in [1.29, 1.82) is 0 Å². The van der Waals surface area contributed by atoms with Crippen LogP contribution in [0.2, 0.25) is 0 Å². The Balaban J connectivity index is 1.39. The number of carbonyl (C=O) groups excluding carboxylic acids is 1. The lowest BCUT2D eigenvalue weighted by atomic mass is 10.2. The zero-order valence-electron chi connectivity index (χ0n) is 13.8. The third-order valence-electron chi connectivity index (χ3n) is 3.64. The van der Waals surface area contributed by atoms with Crippen LogP contribution in [0.25, 0.3) is 11.0 Å². The summed E-state index contributed by atoms with van der Waals surface area (Å²) < 4.78 is 19.2. The number of hydrogen-bond acceptors (Lipinski definition) is 5. The van der Waals surface area contributed by atoms with Gasteiger partial charge in [0.25, 0.3) is 5.91 Å². The first kappa shape index (κ1) is 17.0. The molecule has 0 bridgehead atoms. The summed E-state index contributed by atoms with van der Waals surface area (Å²) in [6.07, 6.45) is 1.35. The molecule has 6 nitrogen and oxygen atoms in total. The van der Waals surface area contributed by atoms with Gasteiger partial charge in [-0.2, -0.15) is 5.10 Å². The number of nitrogens with one attached hydrogen (secondary N) is 2. The third kappa shape index (κ3) is 3.90. The number of aromatic amines is 1. The van der Waals surface area contributed by atoms with Gasteiger partial charge >= 0.3 is 0 Å². The molecule has 4 rings (SSSR count). The van der Waals surface area contributed by atoms with Crippen molar-refractivity contribution in [3.63, 3.8) is 0 Å². The minimum absolute atomic E-state index is 0.0739. The number of aromatic nitrogens is 2. The van der Waals surface area contributed by atoms with Crippen LogP contribution in [0.15, 0.2) is 80.4 Å². The lowest BCUT2D eigenvalue weighted by molar-refractivity contribution is 0.0951. The van der Waals surface area contributed by atoms with Crippen LogP contribution in [0.5, 0.6) is 0 Å². The van der Waals surface area contributed by atoms with Gasteiger partial charge in [-0.3, -0.25) is 4.79 Å². The Labute approximate surface area is 157 Å². The topological polar surface area (TPSA) is 83.3 Å². The molecule has 0 aliphatic carbocycles. The molecule has 2 N–H and O–H groups in total. The summed E-state index contributed by atoms with van der Waals surface area (Å²) in [6.45, 7) is 0. The lowest BCUT2D eigenvalue weighted by Gasteiger charge is -2.00. The molecule has 0 aliphatic rings. The van der Waals surface area contributed by atoms with E-state index in [9.17, 15) is 9.18 Å². The molecule has 0 saturated heterocycles. The predicted molar refractivity (Wildman–Crippen MR) is 100 cm³/mol. The van der Waals surface area contributed by atoms with Gasteiger partial charge in [0.2, 0.25) is 0 Å². The van der Waals surface area contributed by atoms with Gasteiger partial charge in [-0.05, 0) is 48.2 Å². The molecule has 0 atom stereocenters. The van der Waals surface area contributed by atoms with Gasteiger partial charge in [0.15, 0.2) is 10.2 Å². The van der Waals surface area contributed by atoms with Gasteiger partial charge < -0.3 is 9.40 Å². The van der Waals surface area contributed by atoms with Crippen LogP contribution in [0.4, 0.5) is 4.39 Å². The average molecular weight is 380 g/mol. The van der Waals surface area contributed by atoms with E-state index in [1.807, 2.05) is 24.3 Å². The molecule has 0 fully saturated rings. The second-order valence-corrected chi connectivity index (χ2v) is 6.49. The van der Waals surface area contributed by atoms with Gasteiger partial charge in [0.05, 0.1) is 22.8 Å². The number of amides is 1. The van der Waals surface area contributed by atoms with Crippen molar-refractivity contribution in [2.45, 2.75) is 10.2 Å². The van der Waals surface area contributed by atoms with E-state index < -0.39 is 11.7 Å². The molecule has 0 aliphatic heterocycles. The Hall–Kier alpha value is -3.39. The number of fused-ring (bicyclic) bond motifs is 1. The van der Waals surface area contributed by atoms with Crippen LogP contribution in [-0.4, -0.2) is 22.1 Å². The SMILES string of the molecule is O=C(N/N=C\c1ccc(Sc2nc3ccccc3[nH]2)o1)c1ccccc1F. The van der Waals surface area contributed by atoms with Gasteiger partial charge in [0.1, 0.15) is 11.6 Å². The van der Waals surface area contributed by atoms with E-state index in [-0.39, 0.29) is 5.56 Å². The number of carbonyl (C=O) groups is 1. The molecular formula is C19H13FN4O2S. The van der Waals surface area contributed by atoms with Crippen LogP contribution >= 0.6 is 11.8 Å². The maximum absolute atomic E-state index is 13.5. The summed E-state index contributed by atoms with van der Waals surface area (Å²) >= 11 is 1.34. The molecule has 8 heteroatoms. The Morgan fingerprint density at radius 3 is 2.81 bits per heavy atom. The van der Waals surface area contributed by atoms with E-state index in [4.69, 9.17) is 4.42 Å². The van der Waals surface area contributed by atoms with Crippen LogP contribution < -0.4 is 5.43 Å². The van der Waals surface area contributed by atoms with Gasteiger partial charge in [-0.15, -0.1) is 0 Å². The van der Waals surface area contributed by atoms with E-state index in [0.29, 0.717) is 16.0 Å². The van der Waals surface area contributed by atoms with Crippen molar-refractivity contribution in [1.82, 2.24) is 15.4 Å². The molecule has 1 amide bonds. The fourth-order valence-corrected chi connectivity index (χ4v) is 3.16. The molecule has 4 aromatic rings. The molecule has 134 valence electrons. The van der Waals surface area contributed by atoms with Gasteiger partial charge in [-0.1, -0.05) is 24.3 Å². The minimum Gasteiger partial charge on any atom is -0.448 e. The number of furan rings is 1. The summed E-state index contributed by atoms with van der Waals surface area (Å²) in [5.74, 6) is -0.789. The van der Waals surface area contributed by atoms with Crippen molar-refractivity contribution in [2.24, 2.45) is 5.10 Å². The van der Waals surface area contributed by atoms with E-state index in [1.165, 1.54) is 36.2 Å². The van der Waals surface area contributed by atoms with Crippen molar-refractivity contribution in [3.05, 3.63) is 77.8 Å². The normalized spacial score (nSPS) is 11.3. The Morgan fingerprint density at radius 2 is 1.96 bits per heavy atom. The number of benzene rings is 2. The van der Waals surface area contributed by atoms with Gasteiger partial charge in [0, 0.05) is 0 Å². The second-order valence-electron chi connectivity index (χ2n) is 5.50. The number of para-hydroxylation sites is 2. The molecule has 0 radical (unpaired) electrons. The molecule has 2 aromatic carbocycles. The summed E-state index contributed by atoms with van der Waals surface area (Å²) in [5.41, 5.74) is 4.02. The highest BCUT2D eigenvalue weighted by atomic mass is 32.2. The maximum Gasteiger partial charge on any atom is 0.274 e. The predicted octanol–water partition coefficient (Wildman–Crippen LogP) is 4.21. The first-order chi connectivity index (χ1) is 13.2. The van der Waals surface area contributed by atoms with Gasteiger partial charge in [-0.25, -0.2) is 14.8 Å². The van der Waals surface area contributed by atoms with Crippen LogP contribution in [-0.2, 0) is 0 Å². The highest BCUT2D eigenvalue weighted by Crippen LogP contribution is 2.28. The largest absolute Gasteiger partial charge is 0.448 e. The number of hydrazone groups is 1. The number of rotatable bonds is 5. The van der Waals surface area contributed by atoms with E-state index >= 15 is 0 Å². The first-order valence-electron chi connectivity index (χ1n) is 7.99. The fraction of sp³-hybridized carbons (Fsp3) is 0. The smallest absolute Gasteiger partial charge is 0.274 e. The van der Waals surface area contributed by atoms with Crippen LogP contribution in [0.1, 0.15) is 16.1 Å². The van der Waals surface area contributed by atoms with E-state index in [1.54, 1.807) is 18.2 Å². The third-order valence-corrected chi connectivity index (χ3v) is 4.45. The zero-order valence-corrected chi connectivity index (χ0v) is 14.7. The monoisotopic (exact) mass is 380 g/mol. The highest BCUT2D eigenvalue weighted by Gasteiger charge is 2.10. The number of hydrogen-bond donors (Lipinski definition) is 2. The average Bonchev–Trinajstić information content (AvgIpc) is 3.28. The maximum atomic E-state index is 13.5. The number of nitrogens with zero attached hydrogens (tertiary/aromatic N) is 2. The number of H-pyrrole nitrogens is 1. The summed E-state index contributed by atoms with van der Waals surface area (Å²) in [6, 6.07) is 16.9. The minimum atomic E-state index is -0.632. The van der Waals surface area contributed by atoms with Crippen molar-refractivity contribution in [3.8, 4) is 0 Å². The molecule has 0 unspecified atom stereocenters. The summed E-state index contributed by atoms with van der Waals surface area (Å²) in [4.78, 5) is 19.5. The Kier molecular flexibility index (Phi) is 4.71. The van der Waals surface area contributed by atoms with Crippen LogP contribution in [0, 0.1) is 5.82 Å². The molecule has 27 heavy (non-hydrogen) atoms. The van der Waals surface area contributed by atoms with Crippen LogP contribution in [0.3, 0.4) is 0 Å². The second kappa shape index (κ2) is 7.46. The Bertz CT molecular complexity index is 1100. The quantitative estimate of drug-likeness (QED) is 0.401. The Morgan fingerprint density at radius 1 is 1.15 bits per heavy atom. The zero-order chi connectivity index (χ0) is 18.6.